The van der Waals surface area contributed by atoms with Gasteiger partial charge in [0.05, 0.1) is 0 Å². The number of nitrogens with two attached hydrogens (primary N) is 1. The van der Waals surface area contributed by atoms with Gasteiger partial charge < -0.3 is 5.73 Å². The van der Waals surface area contributed by atoms with Crippen LogP contribution in [0.25, 0.3) is 0 Å². The van der Waals surface area contributed by atoms with Crippen molar-refractivity contribution >= 4 is 0 Å². The monoisotopic (exact) mass is 365 g/mol. The lowest BCUT2D eigenvalue weighted by atomic mass is 9.44. The molecule has 5 rings (SSSR count). The average molecular weight is 366 g/mol. The summed E-state index contributed by atoms with van der Waals surface area (Å²) in [5, 5.41) is 0. The van der Waals surface area contributed by atoms with Gasteiger partial charge in [-0.3, -0.25) is 0 Å². The molecule has 0 saturated heterocycles. The molecule has 0 bridgehead atoms. The maximum absolute atomic E-state index is 5.84. The first kappa shape index (κ1) is 18.2. The van der Waals surface area contributed by atoms with E-state index in [0.717, 1.165) is 23.7 Å². The fourth-order valence-corrected chi connectivity index (χ4v) is 8.58. The third kappa shape index (κ3) is 2.91. The smallest absolute Gasteiger partial charge is 0.0178 e. The molecule has 4 aliphatic rings. The van der Waals surface area contributed by atoms with E-state index in [9.17, 15) is 0 Å². The highest BCUT2D eigenvalue weighted by Gasteiger charge is 2.58. The zero-order chi connectivity index (χ0) is 18.5. The normalized spacial score (nSPS) is 43.6. The lowest BCUT2D eigenvalue weighted by Gasteiger charge is -2.61. The number of hydrogen-bond donors (Lipinski definition) is 1. The molecule has 148 valence electrons. The molecule has 0 amide bonds. The number of fused-ring (bicyclic) bond motifs is 5. The molecule has 0 heterocycles. The standard InChI is InChI=1S/C26H39N/c1-25-14-4-6-23(25)22-12-11-21-5-2-3-15-26(21,24(22)13-16-25)17-19-7-9-20(18-27)10-8-19/h7-10,21-24H,2-6,11-18,27H2,1H3/t21?,22-,23-,24-,25-,26+/m0/s1. The molecule has 0 aliphatic heterocycles. The van der Waals surface area contributed by atoms with E-state index in [4.69, 9.17) is 5.73 Å². The molecule has 0 spiro atoms. The van der Waals surface area contributed by atoms with Crippen molar-refractivity contribution in [3.05, 3.63) is 35.4 Å². The lowest BCUT2D eigenvalue weighted by Crippen LogP contribution is -2.54. The second-order valence-corrected chi connectivity index (χ2v) is 10.9. The van der Waals surface area contributed by atoms with Gasteiger partial charge in [0.25, 0.3) is 0 Å². The highest BCUT2D eigenvalue weighted by atomic mass is 14.6. The van der Waals surface area contributed by atoms with E-state index < -0.39 is 0 Å². The Balaban J connectivity index is 1.47. The maximum atomic E-state index is 5.84. The molecule has 1 unspecified atom stereocenters. The number of rotatable bonds is 3. The van der Waals surface area contributed by atoms with Crippen LogP contribution in [0.3, 0.4) is 0 Å². The topological polar surface area (TPSA) is 26.0 Å². The third-order valence-electron chi connectivity index (χ3n) is 9.85. The minimum absolute atomic E-state index is 0.606. The quantitative estimate of drug-likeness (QED) is 0.651. The van der Waals surface area contributed by atoms with Gasteiger partial charge in [-0.15, -0.1) is 0 Å². The van der Waals surface area contributed by atoms with Crippen molar-refractivity contribution in [1.29, 1.82) is 0 Å². The Morgan fingerprint density at radius 2 is 1.63 bits per heavy atom. The first-order chi connectivity index (χ1) is 13.1. The molecule has 1 aromatic carbocycles. The molecule has 2 N–H and O–H groups in total. The summed E-state index contributed by atoms with van der Waals surface area (Å²) in [5.74, 6) is 4.06. The zero-order valence-corrected chi connectivity index (χ0v) is 17.4. The van der Waals surface area contributed by atoms with Gasteiger partial charge in [-0.25, -0.2) is 0 Å². The van der Waals surface area contributed by atoms with E-state index in [0.29, 0.717) is 17.4 Å². The Hall–Kier alpha value is -0.820. The van der Waals surface area contributed by atoms with Crippen LogP contribution < -0.4 is 5.73 Å². The predicted molar refractivity (Wildman–Crippen MR) is 113 cm³/mol. The summed E-state index contributed by atoms with van der Waals surface area (Å²) < 4.78 is 0. The molecule has 1 aromatic rings. The van der Waals surface area contributed by atoms with Gasteiger partial charge in [0.1, 0.15) is 0 Å². The van der Waals surface area contributed by atoms with Crippen LogP contribution in [0, 0.1) is 34.5 Å². The van der Waals surface area contributed by atoms with Crippen molar-refractivity contribution in [3.63, 3.8) is 0 Å². The second-order valence-electron chi connectivity index (χ2n) is 10.9. The Bertz CT molecular complexity index is 663. The van der Waals surface area contributed by atoms with Crippen LogP contribution in [0.5, 0.6) is 0 Å². The van der Waals surface area contributed by atoms with Crippen LogP contribution in [0.1, 0.15) is 88.7 Å². The summed E-state index contributed by atoms with van der Waals surface area (Å²) in [6, 6.07) is 9.35. The van der Waals surface area contributed by atoms with E-state index in [-0.39, 0.29) is 0 Å². The molecular formula is C26H39N. The summed E-state index contributed by atoms with van der Waals surface area (Å²) in [6.07, 6.45) is 18.0. The SMILES string of the molecule is C[C@@]12CCC[C@H]1[C@@H]1CCC3CCCC[C@]3(Cc3ccc(CN)cc3)[C@H]1CC2. The molecular weight excluding hydrogens is 326 g/mol. The molecule has 0 aromatic heterocycles. The Morgan fingerprint density at radius 3 is 2.44 bits per heavy atom. The molecule has 27 heavy (non-hydrogen) atoms. The van der Waals surface area contributed by atoms with Gasteiger partial charge in [0.2, 0.25) is 0 Å². The van der Waals surface area contributed by atoms with Crippen molar-refractivity contribution in [2.45, 2.75) is 90.5 Å². The predicted octanol–water partition coefficient (Wildman–Crippen LogP) is 6.49. The van der Waals surface area contributed by atoms with Gasteiger partial charge in [0.15, 0.2) is 0 Å². The second kappa shape index (κ2) is 6.90. The van der Waals surface area contributed by atoms with Crippen LogP contribution in [0.15, 0.2) is 24.3 Å². The van der Waals surface area contributed by atoms with Gasteiger partial charge in [-0.2, -0.15) is 0 Å². The number of benzene rings is 1. The fourth-order valence-electron chi connectivity index (χ4n) is 8.58. The van der Waals surface area contributed by atoms with Gasteiger partial charge in [-0.1, -0.05) is 50.5 Å². The average Bonchev–Trinajstić information content (AvgIpc) is 3.10. The van der Waals surface area contributed by atoms with E-state index in [1.54, 1.807) is 12.0 Å². The first-order valence-electron chi connectivity index (χ1n) is 11.9. The van der Waals surface area contributed by atoms with Crippen molar-refractivity contribution in [2.75, 3.05) is 0 Å². The maximum Gasteiger partial charge on any atom is 0.0178 e. The third-order valence-corrected chi connectivity index (χ3v) is 9.85. The first-order valence-corrected chi connectivity index (χ1v) is 11.9. The Kier molecular flexibility index (Phi) is 4.66. The van der Waals surface area contributed by atoms with E-state index in [2.05, 4.69) is 31.2 Å². The molecule has 4 fully saturated rings. The highest BCUT2D eigenvalue weighted by Crippen LogP contribution is 2.67. The lowest BCUT2D eigenvalue weighted by molar-refractivity contribution is -0.112. The Morgan fingerprint density at radius 1 is 0.815 bits per heavy atom. The highest BCUT2D eigenvalue weighted by molar-refractivity contribution is 5.25. The molecule has 6 atom stereocenters. The molecule has 4 saturated carbocycles. The fraction of sp³-hybridized carbons (Fsp3) is 0.769. The van der Waals surface area contributed by atoms with Gasteiger partial charge in [-0.05, 0) is 103 Å². The molecule has 1 heteroatoms. The minimum atomic E-state index is 0.606. The van der Waals surface area contributed by atoms with E-state index in [1.807, 2.05) is 0 Å². The van der Waals surface area contributed by atoms with Crippen molar-refractivity contribution < 1.29 is 0 Å². The van der Waals surface area contributed by atoms with Crippen LogP contribution >= 0.6 is 0 Å². The van der Waals surface area contributed by atoms with Crippen LogP contribution in [-0.2, 0) is 13.0 Å². The number of hydrogen-bond acceptors (Lipinski definition) is 1. The van der Waals surface area contributed by atoms with Crippen LogP contribution in [-0.4, -0.2) is 0 Å². The largest absolute Gasteiger partial charge is 0.326 e. The van der Waals surface area contributed by atoms with Crippen molar-refractivity contribution in [1.82, 2.24) is 0 Å². The van der Waals surface area contributed by atoms with Crippen molar-refractivity contribution in [3.8, 4) is 0 Å². The summed E-state index contributed by atoms with van der Waals surface area (Å²) in [5.41, 5.74) is 9.99. The van der Waals surface area contributed by atoms with Crippen LogP contribution in [0.4, 0.5) is 0 Å². The van der Waals surface area contributed by atoms with E-state index >= 15 is 0 Å². The Labute approximate surface area is 166 Å². The summed E-state index contributed by atoms with van der Waals surface area (Å²) in [6.45, 7) is 3.31. The summed E-state index contributed by atoms with van der Waals surface area (Å²) in [7, 11) is 0. The van der Waals surface area contributed by atoms with E-state index in [1.165, 1.54) is 76.2 Å². The van der Waals surface area contributed by atoms with Crippen molar-refractivity contribution in [2.24, 2.45) is 40.2 Å². The molecule has 0 radical (unpaired) electrons. The minimum Gasteiger partial charge on any atom is -0.326 e. The summed E-state index contributed by atoms with van der Waals surface area (Å²) >= 11 is 0. The zero-order valence-electron chi connectivity index (χ0n) is 17.4. The summed E-state index contributed by atoms with van der Waals surface area (Å²) in [4.78, 5) is 0. The van der Waals surface area contributed by atoms with Crippen LogP contribution in [0.2, 0.25) is 0 Å². The molecule has 4 aliphatic carbocycles. The van der Waals surface area contributed by atoms with Gasteiger partial charge >= 0.3 is 0 Å². The molecule has 1 nitrogen and oxygen atoms in total. The van der Waals surface area contributed by atoms with Gasteiger partial charge in [0, 0.05) is 6.54 Å².